The Bertz CT molecular complexity index is 1200. The van der Waals surface area contributed by atoms with Gasteiger partial charge >= 0.3 is 0 Å². The summed E-state index contributed by atoms with van der Waals surface area (Å²) in [5, 5.41) is 0. The van der Waals surface area contributed by atoms with Crippen LogP contribution in [0.2, 0.25) is 0 Å². The first kappa shape index (κ1) is 27.3. The Morgan fingerprint density at radius 3 is 1.38 bits per heavy atom. The quantitative estimate of drug-likeness (QED) is 0.204. The van der Waals surface area contributed by atoms with E-state index >= 15 is 0 Å². The van der Waals surface area contributed by atoms with E-state index in [2.05, 4.69) is 48.5 Å². The van der Waals surface area contributed by atoms with Crippen molar-refractivity contribution >= 4 is 0 Å². The summed E-state index contributed by atoms with van der Waals surface area (Å²) in [6.07, 6.45) is -1.30. The van der Waals surface area contributed by atoms with Gasteiger partial charge in [-0.3, -0.25) is 0 Å². The molecule has 39 heavy (non-hydrogen) atoms. The average Bonchev–Trinajstić information content (AvgIpc) is 3.00. The van der Waals surface area contributed by atoms with Crippen molar-refractivity contribution in [2.24, 2.45) is 0 Å². The SMILES string of the molecule is c1ccc(COCC2OCC(OCc3ccccc3)[C@@H](OCc3ccccc3)[C@@H]2OCc2ccccc2)cc1. The third-order valence-corrected chi connectivity index (χ3v) is 6.80. The molecule has 0 amide bonds. The van der Waals surface area contributed by atoms with Crippen LogP contribution in [-0.4, -0.2) is 37.6 Å². The Morgan fingerprint density at radius 2 is 0.897 bits per heavy atom. The van der Waals surface area contributed by atoms with Crippen LogP contribution in [0.25, 0.3) is 0 Å². The average molecular weight is 525 g/mol. The lowest BCUT2D eigenvalue weighted by Crippen LogP contribution is -2.57. The fourth-order valence-electron chi connectivity index (χ4n) is 4.70. The number of rotatable bonds is 13. The van der Waals surface area contributed by atoms with Crippen LogP contribution in [0.3, 0.4) is 0 Å². The summed E-state index contributed by atoms with van der Waals surface area (Å²) in [4.78, 5) is 0. The molecule has 0 spiro atoms. The summed E-state index contributed by atoms with van der Waals surface area (Å²) in [6, 6.07) is 40.7. The smallest absolute Gasteiger partial charge is 0.115 e. The Balaban J connectivity index is 1.32. The Morgan fingerprint density at radius 1 is 0.487 bits per heavy atom. The van der Waals surface area contributed by atoms with Gasteiger partial charge in [-0.1, -0.05) is 121 Å². The summed E-state index contributed by atoms with van der Waals surface area (Å²) < 4.78 is 32.0. The predicted octanol–water partition coefficient (Wildman–Crippen LogP) is 6.36. The fourth-order valence-corrected chi connectivity index (χ4v) is 4.70. The van der Waals surface area contributed by atoms with Gasteiger partial charge in [-0.2, -0.15) is 0 Å². The van der Waals surface area contributed by atoms with Gasteiger partial charge in [0.15, 0.2) is 0 Å². The van der Waals surface area contributed by atoms with E-state index in [4.69, 9.17) is 23.7 Å². The van der Waals surface area contributed by atoms with E-state index in [1.54, 1.807) is 0 Å². The van der Waals surface area contributed by atoms with Crippen molar-refractivity contribution < 1.29 is 23.7 Å². The summed E-state index contributed by atoms with van der Waals surface area (Å²) in [5.41, 5.74) is 4.42. The van der Waals surface area contributed by atoms with Crippen molar-refractivity contribution in [1.82, 2.24) is 0 Å². The fraction of sp³-hybridized carbons (Fsp3) is 0.294. The summed E-state index contributed by atoms with van der Waals surface area (Å²) in [6.45, 7) is 2.68. The van der Waals surface area contributed by atoms with E-state index in [1.165, 1.54) is 0 Å². The van der Waals surface area contributed by atoms with Crippen LogP contribution in [0.1, 0.15) is 22.3 Å². The zero-order valence-corrected chi connectivity index (χ0v) is 22.1. The van der Waals surface area contributed by atoms with Crippen molar-refractivity contribution in [1.29, 1.82) is 0 Å². The molecule has 1 saturated heterocycles. The lowest BCUT2D eigenvalue weighted by molar-refractivity contribution is -0.246. The molecule has 5 nitrogen and oxygen atoms in total. The van der Waals surface area contributed by atoms with Gasteiger partial charge in [-0.15, -0.1) is 0 Å². The van der Waals surface area contributed by atoms with Gasteiger partial charge in [-0.05, 0) is 22.3 Å². The van der Waals surface area contributed by atoms with E-state index in [9.17, 15) is 0 Å². The van der Waals surface area contributed by atoms with Gasteiger partial charge in [0.1, 0.15) is 24.4 Å². The number of hydrogen-bond donors (Lipinski definition) is 0. The monoisotopic (exact) mass is 524 g/mol. The zero-order chi connectivity index (χ0) is 26.5. The molecule has 5 heteroatoms. The molecule has 0 bridgehead atoms. The van der Waals surface area contributed by atoms with E-state index < -0.39 is 0 Å². The highest BCUT2D eigenvalue weighted by Crippen LogP contribution is 2.27. The van der Waals surface area contributed by atoms with E-state index in [-0.39, 0.29) is 24.4 Å². The molecule has 1 fully saturated rings. The van der Waals surface area contributed by atoms with Crippen LogP contribution < -0.4 is 0 Å². The van der Waals surface area contributed by atoms with Crippen molar-refractivity contribution in [3.8, 4) is 0 Å². The van der Waals surface area contributed by atoms with E-state index in [0.29, 0.717) is 39.6 Å². The summed E-state index contributed by atoms with van der Waals surface area (Å²) in [7, 11) is 0. The molecule has 202 valence electrons. The highest BCUT2D eigenvalue weighted by Gasteiger charge is 2.43. The second kappa shape index (κ2) is 14.7. The van der Waals surface area contributed by atoms with E-state index in [1.807, 2.05) is 72.8 Å². The predicted molar refractivity (Wildman–Crippen MR) is 151 cm³/mol. The first-order valence-corrected chi connectivity index (χ1v) is 13.5. The molecule has 0 aliphatic carbocycles. The summed E-state index contributed by atoms with van der Waals surface area (Å²) >= 11 is 0. The van der Waals surface area contributed by atoms with Crippen LogP contribution in [0.5, 0.6) is 0 Å². The molecule has 4 atom stereocenters. The lowest BCUT2D eigenvalue weighted by atomic mass is 9.99. The minimum absolute atomic E-state index is 0.292. The van der Waals surface area contributed by atoms with Crippen molar-refractivity contribution in [2.45, 2.75) is 50.8 Å². The normalized spacial score (nSPS) is 21.0. The molecule has 1 aliphatic rings. The molecule has 1 heterocycles. The minimum Gasteiger partial charge on any atom is -0.374 e. The molecular formula is C34H36O5. The van der Waals surface area contributed by atoms with Crippen LogP contribution in [0, 0.1) is 0 Å². The summed E-state index contributed by atoms with van der Waals surface area (Å²) in [5.74, 6) is 0. The maximum Gasteiger partial charge on any atom is 0.115 e. The number of hydrogen-bond acceptors (Lipinski definition) is 5. The van der Waals surface area contributed by atoms with Gasteiger partial charge in [0, 0.05) is 0 Å². The molecule has 5 rings (SSSR count). The maximum absolute atomic E-state index is 6.58. The van der Waals surface area contributed by atoms with Crippen LogP contribution in [0.15, 0.2) is 121 Å². The molecule has 0 N–H and O–H groups in total. The van der Waals surface area contributed by atoms with Crippen molar-refractivity contribution in [3.05, 3.63) is 144 Å². The van der Waals surface area contributed by atoms with Gasteiger partial charge in [0.2, 0.25) is 0 Å². The second-order valence-electron chi connectivity index (χ2n) is 9.73. The minimum atomic E-state index is -0.376. The molecule has 4 aromatic rings. The van der Waals surface area contributed by atoms with E-state index in [0.717, 1.165) is 22.3 Å². The largest absolute Gasteiger partial charge is 0.374 e. The topological polar surface area (TPSA) is 46.2 Å². The first-order valence-electron chi connectivity index (χ1n) is 13.5. The maximum atomic E-state index is 6.58. The molecule has 0 aromatic heterocycles. The standard InChI is InChI=1S/C34H36O5/c1-5-13-27(14-6-1)21-35-25-31-33(38-23-29-17-9-3-10-18-29)34(39-24-30-19-11-4-12-20-30)32(26-37-31)36-22-28-15-7-2-8-16-28/h1-20,31-34H,21-26H2/t31?,32?,33-,34-/m1/s1. The first-order chi connectivity index (χ1) is 19.3. The number of benzene rings is 4. The molecule has 1 aliphatic heterocycles. The zero-order valence-electron chi connectivity index (χ0n) is 22.1. The molecule has 4 aromatic carbocycles. The number of ether oxygens (including phenoxy) is 5. The lowest BCUT2D eigenvalue weighted by Gasteiger charge is -2.42. The van der Waals surface area contributed by atoms with Gasteiger partial charge in [0.25, 0.3) is 0 Å². The van der Waals surface area contributed by atoms with Crippen LogP contribution >= 0.6 is 0 Å². The molecular weight excluding hydrogens is 488 g/mol. The molecule has 2 unspecified atom stereocenters. The van der Waals surface area contributed by atoms with Crippen molar-refractivity contribution in [2.75, 3.05) is 13.2 Å². The highest BCUT2D eigenvalue weighted by molar-refractivity contribution is 5.16. The molecule has 0 saturated carbocycles. The van der Waals surface area contributed by atoms with Gasteiger partial charge in [-0.25, -0.2) is 0 Å². The Labute approximate surface area is 231 Å². The second-order valence-corrected chi connectivity index (χ2v) is 9.73. The Hall–Kier alpha value is -3.32. The van der Waals surface area contributed by atoms with Crippen molar-refractivity contribution in [3.63, 3.8) is 0 Å². The Kier molecular flexibility index (Phi) is 10.3. The highest BCUT2D eigenvalue weighted by atomic mass is 16.6. The molecule has 0 radical (unpaired) electrons. The third kappa shape index (κ3) is 8.33. The third-order valence-electron chi connectivity index (χ3n) is 6.80. The van der Waals surface area contributed by atoms with Gasteiger partial charge < -0.3 is 23.7 Å². The van der Waals surface area contributed by atoms with Crippen LogP contribution in [0.4, 0.5) is 0 Å². The van der Waals surface area contributed by atoms with Crippen LogP contribution in [-0.2, 0) is 50.1 Å². The van der Waals surface area contributed by atoms with Gasteiger partial charge in [0.05, 0.1) is 39.6 Å².